The number of thioether (sulfide) groups is 1. The predicted molar refractivity (Wildman–Crippen MR) is 56.6 cm³/mol. The van der Waals surface area contributed by atoms with Gasteiger partial charge in [0.2, 0.25) is 0 Å². The molecule has 70 valence electrons. The van der Waals surface area contributed by atoms with E-state index in [-0.39, 0.29) is 6.61 Å². The highest BCUT2D eigenvalue weighted by Gasteiger charge is 2.12. The smallest absolute Gasteiger partial charge is 0.136 e. The Morgan fingerprint density at radius 1 is 1.50 bits per heavy atom. The monoisotopic (exact) mass is 206 g/mol. The molecule has 3 nitrogen and oxygen atoms in total. The van der Waals surface area contributed by atoms with Gasteiger partial charge in [-0.2, -0.15) is 0 Å². The van der Waals surface area contributed by atoms with Crippen molar-refractivity contribution in [3.8, 4) is 0 Å². The number of piperazine rings is 1. The second-order valence-electron chi connectivity index (χ2n) is 2.58. The molecule has 0 atom stereocenters. The molecule has 1 saturated heterocycles. The summed E-state index contributed by atoms with van der Waals surface area (Å²) in [6.07, 6.45) is 0. The van der Waals surface area contributed by atoms with Crippen LogP contribution in [0.5, 0.6) is 0 Å². The minimum Gasteiger partial charge on any atom is -0.396 e. The molecule has 1 rings (SSSR count). The molecule has 0 aromatic heterocycles. The molecule has 0 unspecified atom stereocenters. The third kappa shape index (κ3) is 3.26. The van der Waals surface area contributed by atoms with Crippen molar-refractivity contribution >= 4 is 28.3 Å². The molecular weight excluding hydrogens is 192 g/mol. The van der Waals surface area contributed by atoms with E-state index in [1.54, 1.807) is 11.8 Å². The molecular formula is C7H14N2OS2. The van der Waals surface area contributed by atoms with E-state index in [9.17, 15) is 0 Å². The van der Waals surface area contributed by atoms with Gasteiger partial charge < -0.3 is 15.3 Å². The highest BCUT2D eigenvalue weighted by atomic mass is 32.2. The topological polar surface area (TPSA) is 35.5 Å². The molecule has 0 saturated carbocycles. The van der Waals surface area contributed by atoms with Crippen LogP contribution in [0.25, 0.3) is 0 Å². The fourth-order valence-electron chi connectivity index (χ4n) is 1.07. The van der Waals surface area contributed by atoms with Crippen LogP contribution in [0.4, 0.5) is 0 Å². The summed E-state index contributed by atoms with van der Waals surface area (Å²) >= 11 is 6.75. The molecule has 0 bridgehead atoms. The molecule has 0 aromatic carbocycles. The van der Waals surface area contributed by atoms with E-state index in [4.69, 9.17) is 17.3 Å². The first kappa shape index (κ1) is 10.2. The lowest BCUT2D eigenvalue weighted by molar-refractivity contribution is 0.322. The Bertz CT molecular complexity index is 148. The summed E-state index contributed by atoms with van der Waals surface area (Å²) in [7, 11) is 0. The van der Waals surface area contributed by atoms with Crippen molar-refractivity contribution in [1.82, 2.24) is 10.2 Å². The quantitative estimate of drug-likeness (QED) is 0.617. The first-order chi connectivity index (χ1) is 5.84. The van der Waals surface area contributed by atoms with Crippen LogP contribution in [-0.4, -0.2) is 52.9 Å². The standard InChI is InChI=1S/C7H14N2OS2/c10-5-6-12-7(11)9-3-1-8-2-4-9/h8,10H,1-6H2. The lowest BCUT2D eigenvalue weighted by Crippen LogP contribution is -2.45. The minimum absolute atomic E-state index is 0.205. The van der Waals surface area contributed by atoms with Gasteiger partial charge in [-0.3, -0.25) is 0 Å². The van der Waals surface area contributed by atoms with E-state index >= 15 is 0 Å². The maximum absolute atomic E-state index is 8.60. The Hall–Kier alpha value is 0.160. The number of nitrogens with one attached hydrogen (secondary N) is 1. The summed E-state index contributed by atoms with van der Waals surface area (Å²) in [6, 6.07) is 0. The number of hydrogen-bond acceptors (Lipinski definition) is 4. The van der Waals surface area contributed by atoms with Crippen LogP contribution in [0.1, 0.15) is 0 Å². The number of aliphatic hydroxyl groups is 1. The van der Waals surface area contributed by atoms with Gasteiger partial charge in [0.15, 0.2) is 0 Å². The summed E-state index contributed by atoms with van der Waals surface area (Å²) < 4.78 is 0.922. The number of rotatable bonds is 2. The Balaban J connectivity index is 2.20. The summed E-state index contributed by atoms with van der Waals surface area (Å²) in [5.41, 5.74) is 0. The molecule has 12 heavy (non-hydrogen) atoms. The van der Waals surface area contributed by atoms with Crippen LogP contribution >= 0.6 is 24.0 Å². The zero-order chi connectivity index (χ0) is 8.81. The highest BCUT2D eigenvalue weighted by molar-refractivity contribution is 8.22. The number of hydrogen-bond donors (Lipinski definition) is 2. The van der Waals surface area contributed by atoms with Crippen LogP contribution in [0.2, 0.25) is 0 Å². The van der Waals surface area contributed by atoms with Crippen LogP contribution in [-0.2, 0) is 0 Å². The van der Waals surface area contributed by atoms with Gasteiger partial charge in [0, 0.05) is 31.9 Å². The third-order valence-corrected chi connectivity index (χ3v) is 3.20. The van der Waals surface area contributed by atoms with Gasteiger partial charge in [-0.1, -0.05) is 24.0 Å². The van der Waals surface area contributed by atoms with Crippen LogP contribution in [0.15, 0.2) is 0 Å². The largest absolute Gasteiger partial charge is 0.396 e. The van der Waals surface area contributed by atoms with E-state index in [1.807, 2.05) is 0 Å². The second kappa shape index (κ2) is 5.75. The molecule has 0 radical (unpaired) electrons. The molecule has 1 fully saturated rings. The van der Waals surface area contributed by atoms with Crippen molar-refractivity contribution in [2.24, 2.45) is 0 Å². The fraction of sp³-hybridized carbons (Fsp3) is 0.857. The summed E-state index contributed by atoms with van der Waals surface area (Å²) in [5, 5.41) is 11.9. The minimum atomic E-state index is 0.205. The van der Waals surface area contributed by atoms with Gasteiger partial charge in [0.25, 0.3) is 0 Å². The molecule has 0 spiro atoms. The Kier molecular flexibility index (Phi) is 4.90. The van der Waals surface area contributed by atoms with E-state index in [1.165, 1.54) is 0 Å². The average Bonchev–Trinajstić information content (AvgIpc) is 2.15. The zero-order valence-electron chi connectivity index (χ0n) is 6.95. The SMILES string of the molecule is OCCSC(=S)N1CCNCC1. The second-order valence-corrected chi connectivity index (χ2v) is 4.30. The van der Waals surface area contributed by atoms with Crippen molar-refractivity contribution in [2.75, 3.05) is 38.5 Å². The number of nitrogens with zero attached hydrogens (tertiary/aromatic N) is 1. The van der Waals surface area contributed by atoms with Gasteiger partial charge in [-0.25, -0.2) is 0 Å². The number of aliphatic hydroxyl groups excluding tert-OH is 1. The molecule has 5 heteroatoms. The highest BCUT2D eigenvalue weighted by Crippen LogP contribution is 2.09. The van der Waals surface area contributed by atoms with Gasteiger partial charge in [0.1, 0.15) is 4.32 Å². The van der Waals surface area contributed by atoms with E-state index in [0.29, 0.717) is 5.75 Å². The Morgan fingerprint density at radius 2 is 2.17 bits per heavy atom. The van der Waals surface area contributed by atoms with Gasteiger partial charge in [-0.15, -0.1) is 0 Å². The zero-order valence-corrected chi connectivity index (χ0v) is 8.59. The number of thiocarbonyl (C=S) groups is 1. The van der Waals surface area contributed by atoms with Gasteiger partial charge in [0.05, 0.1) is 6.61 Å². The molecule has 1 aliphatic rings. The van der Waals surface area contributed by atoms with E-state index in [0.717, 1.165) is 30.5 Å². The maximum Gasteiger partial charge on any atom is 0.136 e. The van der Waals surface area contributed by atoms with Crippen molar-refractivity contribution in [3.63, 3.8) is 0 Å². The molecule has 0 aliphatic carbocycles. The van der Waals surface area contributed by atoms with E-state index in [2.05, 4.69) is 10.2 Å². The fourth-order valence-corrected chi connectivity index (χ4v) is 2.14. The maximum atomic E-state index is 8.60. The summed E-state index contributed by atoms with van der Waals surface area (Å²) in [6.45, 7) is 4.23. The molecule has 0 amide bonds. The molecule has 2 N–H and O–H groups in total. The first-order valence-electron chi connectivity index (χ1n) is 4.08. The molecule has 0 aromatic rings. The third-order valence-electron chi connectivity index (χ3n) is 1.69. The van der Waals surface area contributed by atoms with Crippen molar-refractivity contribution in [1.29, 1.82) is 0 Å². The molecule has 1 heterocycles. The first-order valence-corrected chi connectivity index (χ1v) is 5.47. The summed E-state index contributed by atoms with van der Waals surface area (Å²) in [5.74, 6) is 0.711. The van der Waals surface area contributed by atoms with Crippen molar-refractivity contribution < 1.29 is 5.11 Å². The molecule has 1 aliphatic heterocycles. The van der Waals surface area contributed by atoms with Crippen LogP contribution in [0.3, 0.4) is 0 Å². The van der Waals surface area contributed by atoms with Crippen LogP contribution < -0.4 is 5.32 Å². The average molecular weight is 206 g/mol. The normalized spacial score (nSPS) is 17.9. The Labute approximate surface area is 82.5 Å². The van der Waals surface area contributed by atoms with Crippen molar-refractivity contribution in [2.45, 2.75) is 0 Å². The predicted octanol–water partition coefficient (Wildman–Crippen LogP) is -0.0980. The van der Waals surface area contributed by atoms with Crippen LogP contribution in [0, 0.1) is 0 Å². The van der Waals surface area contributed by atoms with Gasteiger partial charge >= 0.3 is 0 Å². The van der Waals surface area contributed by atoms with Crippen molar-refractivity contribution in [3.05, 3.63) is 0 Å². The summed E-state index contributed by atoms with van der Waals surface area (Å²) in [4.78, 5) is 2.19. The lowest BCUT2D eigenvalue weighted by atomic mass is 10.4. The van der Waals surface area contributed by atoms with Gasteiger partial charge in [-0.05, 0) is 0 Å². The Morgan fingerprint density at radius 3 is 2.75 bits per heavy atom. The van der Waals surface area contributed by atoms with E-state index < -0.39 is 0 Å². The lowest BCUT2D eigenvalue weighted by Gasteiger charge is -2.28.